The van der Waals surface area contributed by atoms with E-state index >= 15 is 0 Å². The molecular formula is C14H22N4. The number of hydrogen-bond donors (Lipinski definition) is 1. The quantitative estimate of drug-likeness (QED) is 0.800. The Bertz CT molecular complexity index is 367. The highest BCUT2D eigenvalue weighted by molar-refractivity contribution is 5.29. The Hall–Kier alpha value is -1.16. The molecule has 1 N–H and O–H groups in total. The minimum Gasteiger partial charge on any atom is -0.372 e. The molecule has 4 heteroatoms. The lowest BCUT2D eigenvalue weighted by Crippen LogP contribution is -2.28. The first kappa shape index (κ1) is 11.9. The summed E-state index contributed by atoms with van der Waals surface area (Å²) in [5.74, 6) is 2.75. The second-order valence-corrected chi connectivity index (χ2v) is 5.72. The lowest BCUT2D eigenvalue weighted by Gasteiger charge is -2.21. The summed E-state index contributed by atoms with van der Waals surface area (Å²) >= 11 is 0. The molecule has 2 aliphatic carbocycles. The molecule has 2 fully saturated rings. The molecule has 0 amide bonds. The van der Waals surface area contributed by atoms with Gasteiger partial charge in [0.05, 0.1) is 18.1 Å². The van der Waals surface area contributed by atoms with Crippen LogP contribution in [-0.2, 0) is 6.54 Å². The highest BCUT2D eigenvalue weighted by Crippen LogP contribution is 2.34. The summed E-state index contributed by atoms with van der Waals surface area (Å²) in [4.78, 5) is 11.4. The number of nitrogens with one attached hydrogen (secondary N) is 1. The van der Waals surface area contributed by atoms with Gasteiger partial charge in [-0.15, -0.1) is 0 Å². The van der Waals surface area contributed by atoms with Gasteiger partial charge in [-0.1, -0.05) is 0 Å². The van der Waals surface area contributed by atoms with Crippen LogP contribution < -0.4 is 5.32 Å². The van der Waals surface area contributed by atoms with E-state index in [1.54, 1.807) is 0 Å². The summed E-state index contributed by atoms with van der Waals surface area (Å²) in [7, 11) is 1.87. The van der Waals surface area contributed by atoms with Crippen molar-refractivity contribution in [1.29, 1.82) is 0 Å². The zero-order valence-corrected chi connectivity index (χ0v) is 11.1. The van der Waals surface area contributed by atoms with Gasteiger partial charge in [0.15, 0.2) is 0 Å². The topological polar surface area (TPSA) is 41.1 Å². The maximum atomic E-state index is 4.48. The van der Waals surface area contributed by atoms with Crippen molar-refractivity contribution in [2.75, 3.05) is 25.5 Å². The number of anilines is 1. The van der Waals surface area contributed by atoms with Crippen molar-refractivity contribution in [3.8, 4) is 0 Å². The Morgan fingerprint density at radius 3 is 2.22 bits per heavy atom. The predicted molar refractivity (Wildman–Crippen MR) is 72.3 cm³/mol. The summed E-state index contributed by atoms with van der Waals surface area (Å²) in [6.45, 7) is 3.47. The maximum absolute atomic E-state index is 4.48. The van der Waals surface area contributed by atoms with Gasteiger partial charge in [-0.2, -0.15) is 0 Å². The Balaban J connectivity index is 1.58. The van der Waals surface area contributed by atoms with Crippen LogP contribution in [-0.4, -0.2) is 35.0 Å². The highest BCUT2D eigenvalue weighted by Gasteiger charge is 2.29. The average Bonchev–Trinajstić information content (AvgIpc) is 3.26. The second-order valence-electron chi connectivity index (χ2n) is 5.72. The van der Waals surface area contributed by atoms with Crippen molar-refractivity contribution in [3.05, 3.63) is 18.1 Å². The van der Waals surface area contributed by atoms with Crippen LogP contribution in [0.3, 0.4) is 0 Å². The van der Waals surface area contributed by atoms with Crippen molar-refractivity contribution in [1.82, 2.24) is 14.9 Å². The fourth-order valence-corrected chi connectivity index (χ4v) is 2.33. The fourth-order valence-electron chi connectivity index (χ4n) is 2.33. The lowest BCUT2D eigenvalue weighted by molar-refractivity contribution is 0.241. The van der Waals surface area contributed by atoms with Gasteiger partial charge in [-0.05, 0) is 37.5 Å². The van der Waals surface area contributed by atoms with Crippen molar-refractivity contribution in [2.45, 2.75) is 32.2 Å². The molecular weight excluding hydrogens is 224 g/mol. The molecule has 0 bridgehead atoms. The minimum absolute atomic E-state index is 0.842. The Morgan fingerprint density at radius 1 is 1.11 bits per heavy atom. The molecule has 1 aromatic heterocycles. The zero-order chi connectivity index (χ0) is 12.4. The molecule has 0 saturated heterocycles. The number of nitrogens with zero attached hydrogens (tertiary/aromatic N) is 3. The van der Waals surface area contributed by atoms with Crippen LogP contribution in [0.4, 0.5) is 5.82 Å². The average molecular weight is 246 g/mol. The van der Waals surface area contributed by atoms with E-state index in [4.69, 9.17) is 0 Å². The molecule has 0 radical (unpaired) electrons. The molecule has 0 aromatic carbocycles. The Kier molecular flexibility index (Phi) is 3.46. The molecule has 98 valence electrons. The predicted octanol–water partition coefficient (Wildman–Crippen LogP) is 2.14. The molecule has 2 aliphatic rings. The van der Waals surface area contributed by atoms with E-state index in [0.29, 0.717) is 0 Å². The van der Waals surface area contributed by atoms with Gasteiger partial charge >= 0.3 is 0 Å². The summed E-state index contributed by atoms with van der Waals surface area (Å²) in [6.07, 6.45) is 9.41. The summed E-state index contributed by atoms with van der Waals surface area (Å²) in [6, 6.07) is 0. The molecule has 0 unspecified atom stereocenters. The van der Waals surface area contributed by atoms with Gasteiger partial charge in [0.1, 0.15) is 5.82 Å². The normalized spacial score (nSPS) is 19.2. The molecule has 0 aliphatic heterocycles. The third kappa shape index (κ3) is 3.42. The molecule has 0 spiro atoms. The monoisotopic (exact) mass is 246 g/mol. The van der Waals surface area contributed by atoms with Gasteiger partial charge in [0.2, 0.25) is 0 Å². The molecule has 0 atom stereocenters. The summed E-state index contributed by atoms with van der Waals surface area (Å²) < 4.78 is 0. The summed E-state index contributed by atoms with van der Waals surface area (Å²) in [5, 5.41) is 3.00. The van der Waals surface area contributed by atoms with E-state index < -0.39 is 0 Å². The van der Waals surface area contributed by atoms with E-state index in [2.05, 4.69) is 20.2 Å². The zero-order valence-electron chi connectivity index (χ0n) is 11.1. The van der Waals surface area contributed by atoms with Gasteiger partial charge in [0.25, 0.3) is 0 Å². The van der Waals surface area contributed by atoms with Crippen LogP contribution >= 0.6 is 0 Å². The van der Waals surface area contributed by atoms with E-state index in [1.165, 1.54) is 38.8 Å². The second kappa shape index (κ2) is 5.22. The van der Waals surface area contributed by atoms with E-state index in [0.717, 1.165) is 29.9 Å². The highest BCUT2D eigenvalue weighted by atomic mass is 15.1. The van der Waals surface area contributed by atoms with Crippen LogP contribution in [0.2, 0.25) is 0 Å². The van der Waals surface area contributed by atoms with E-state index in [9.17, 15) is 0 Å². The van der Waals surface area contributed by atoms with Gasteiger partial charge in [0, 0.05) is 26.7 Å². The molecule has 1 aromatic rings. The van der Waals surface area contributed by atoms with Crippen molar-refractivity contribution in [3.63, 3.8) is 0 Å². The first-order valence-corrected chi connectivity index (χ1v) is 7.04. The number of rotatable bonds is 7. The number of hydrogen-bond acceptors (Lipinski definition) is 4. The molecule has 1 heterocycles. The molecule has 3 rings (SSSR count). The molecule has 4 nitrogen and oxygen atoms in total. The van der Waals surface area contributed by atoms with Crippen molar-refractivity contribution < 1.29 is 0 Å². The Labute approximate surface area is 109 Å². The first-order chi connectivity index (χ1) is 8.83. The minimum atomic E-state index is 0.842. The standard InChI is InChI=1S/C14H22N4/c1-15-14-7-16-13(6-17-14)10-18(8-11-2-3-11)9-12-4-5-12/h6-7,11-12H,2-5,8-10H2,1H3,(H,15,17). The lowest BCUT2D eigenvalue weighted by atomic mass is 10.3. The first-order valence-electron chi connectivity index (χ1n) is 7.04. The maximum Gasteiger partial charge on any atom is 0.144 e. The Morgan fingerprint density at radius 2 is 1.78 bits per heavy atom. The van der Waals surface area contributed by atoms with E-state index in [-0.39, 0.29) is 0 Å². The molecule has 2 saturated carbocycles. The van der Waals surface area contributed by atoms with E-state index in [1.807, 2.05) is 19.4 Å². The van der Waals surface area contributed by atoms with Crippen LogP contribution in [0.25, 0.3) is 0 Å². The third-order valence-corrected chi connectivity index (χ3v) is 3.77. The largest absolute Gasteiger partial charge is 0.372 e. The van der Waals surface area contributed by atoms with Gasteiger partial charge in [-0.3, -0.25) is 9.88 Å². The van der Waals surface area contributed by atoms with Crippen LogP contribution in [0.1, 0.15) is 31.4 Å². The fraction of sp³-hybridized carbons (Fsp3) is 0.714. The number of aromatic nitrogens is 2. The van der Waals surface area contributed by atoms with Gasteiger partial charge < -0.3 is 5.32 Å². The van der Waals surface area contributed by atoms with Crippen LogP contribution in [0.15, 0.2) is 12.4 Å². The smallest absolute Gasteiger partial charge is 0.144 e. The summed E-state index contributed by atoms with van der Waals surface area (Å²) in [5.41, 5.74) is 1.09. The van der Waals surface area contributed by atoms with Crippen LogP contribution in [0.5, 0.6) is 0 Å². The molecule has 18 heavy (non-hydrogen) atoms. The third-order valence-electron chi connectivity index (χ3n) is 3.77. The van der Waals surface area contributed by atoms with Gasteiger partial charge in [-0.25, -0.2) is 4.98 Å². The van der Waals surface area contributed by atoms with Crippen molar-refractivity contribution in [2.24, 2.45) is 11.8 Å². The van der Waals surface area contributed by atoms with Crippen LogP contribution in [0, 0.1) is 11.8 Å². The SMILES string of the molecule is CNc1cnc(CN(CC2CC2)CC2CC2)cn1. The van der Waals surface area contributed by atoms with Crippen molar-refractivity contribution >= 4 is 5.82 Å².